The fourth-order valence-corrected chi connectivity index (χ4v) is 2.62. The Morgan fingerprint density at radius 3 is 2.55 bits per heavy atom. The number of rotatable bonds is 2. The number of guanidine groups is 1. The van der Waals surface area contributed by atoms with E-state index in [0.717, 1.165) is 18.9 Å². The van der Waals surface area contributed by atoms with E-state index in [1.54, 1.807) is 4.90 Å². The Balaban J connectivity index is 2.02. The molecule has 0 spiro atoms. The van der Waals surface area contributed by atoms with E-state index in [1.807, 2.05) is 0 Å². The molecule has 7 heteroatoms. The van der Waals surface area contributed by atoms with Gasteiger partial charge in [0.2, 0.25) is 0 Å². The third-order valence-electron chi connectivity index (χ3n) is 3.65. The number of hydrogen-bond acceptors (Lipinski definition) is 3. The first-order chi connectivity index (χ1) is 9.38. The normalized spacial score (nSPS) is 23.1. The standard InChI is InChI=1S/C13H13F4N3/c14-7-1-4-9(10(5-7)13(15,16)17)11-6-19-12(18)20(11)8-2-3-8/h1,4-5,8,11H,2-3,6H2,(H2,18,19). The highest BCUT2D eigenvalue weighted by molar-refractivity contribution is 5.81. The largest absolute Gasteiger partial charge is 0.416 e. The Bertz CT molecular complexity index is 563. The maximum Gasteiger partial charge on any atom is 0.416 e. The van der Waals surface area contributed by atoms with E-state index in [4.69, 9.17) is 5.73 Å². The molecule has 2 N–H and O–H groups in total. The fourth-order valence-electron chi connectivity index (χ4n) is 2.62. The number of aliphatic imine (C=N–C) groups is 1. The first-order valence-electron chi connectivity index (χ1n) is 6.33. The molecule has 1 unspecified atom stereocenters. The lowest BCUT2D eigenvalue weighted by molar-refractivity contribution is -0.138. The summed E-state index contributed by atoms with van der Waals surface area (Å²) >= 11 is 0. The molecule has 0 bridgehead atoms. The van der Waals surface area contributed by atoms with Gasteiger partial charge in [-0.2, -0.15) is 13.2 Å². The van der Waals surface area contributed by atoms with Crippen LogP contribution in [0, 0.1) is 5.82 Å². The van der Waals surface area contributed by atoms with Crippen molar-refractivity contribution >= 4 is 5.96 Å². The highest BCUT2D eigenvalue weighted by Crippen LogP contribution is 2.42. The van der Waals surface area contributed by atoms with Gasteiger partial charge < -0.3 is 10.6 Å². The maximum absolute atomic E-state index is 13.1. The molecular formula is C13H13F4N3. The number of nitrogens with two attached hydrogens (primary N) is 1. The quantitative estimate of drug-likeness (QED) is 0.850. The second-order valence-electron chi connectivity index (χ2n) is 5.08. The maximum atomic E-state index is 13.1. The molecule has 0 aromatic heterocycles. The van der Waals surface area contributed by atoms with Crippen molar-refractivity contribution in [1.29, 1.82) is 0 Å². The van der Waals surface area contributed by atoms with Crippen LogP contribution in [0.4, 0.5) is 17.6 Å². The van der Waals surface area contributed by atoms with E-state index < -0.39 is 23.6 Å². The molecule has 1 fully saturated rings. The monoisotopic (exact) mass is 287 g/mol. The van der Waals surface area contributed by atoms with Gasteiger partial charge in [0, 0.05) is 6.04 Å². The summed E-state index contributed by atoms with van der Waals surface area (Å²) in [6.07, 6.45) is -2.80. The van der Waals surface area contributed by atoms with Crippen LogP contribution in [-0.4, -0.2) is 23.4 Å². The number of benzene rings is 1. The van der Waals surface area contributed by atoms with E-state index in [0.29, 0.717) is 6.07 Å². The molecule has 3 rings (SSSR count). The SMILES string of the molecule is NC1=NCC(c2ccc(F)cc2C(F)(F)F)N1C1CC1. The summed E-state index contributed by atoms with van der Waals surface area (Å²) in [5.41, 5.74) is 4.85. The van der Waals surface area contributed by atoms with E-state index in [9.17, 15) is 17.6 Å². The predicted molar refractivity (Wildman–Crippen MR) is 65.5 cm³/mol. The van der Waals surface area contributed by atoms with Crippen molar-refractivity contribution in [3.05, 3.63) is 35.1 Å². The van der Waals surface area contributed by atoms with E-state index in [-0.39, 0.29) is 24.1 Å². The lowest BCUT2D eigenvalue weighted by Crippen LogP contribution is -2.38. The van der Waals surface area contributed by atoms with Crippen LogP contribution in [0.3, 0.4) is 0 Å². The summed E-state index contributed by atoms with van der Waals surface area (Å²) in [6.45, 7) is 0.178. The molecule has 1 atom stereocenters. The van der Waals surface area contributed by atoms with Crippen LogP contribution in [0.25, 0.3) is 0 Å². The second kappa shape index (κ2) is 4.36. The van der Waals surface area contributed by atoms with Crippen molar-refractivity contribution < 1.29 is 17.6 Å². The molecule has 1 aliphatic carbocycles. The second-order valence-corrected chi connectivity index (χ2v) is 5.08. The molecule has 1 aromatic carbocycles. The van der Waals surface area contributed by atoms with Crippen molar-refractivity contribution in [1.82, 2.24) is 4.90 Å². The zero-order valence-corrected chi connectivity index (χ0v) is 10.5. The lowest BCUT2D eigenvalue weighted by Gasteiger charge is -2.28. The minimum absolute atomic E-state index is 0.0370. The van der Waals surface area contributed by atoms with Crippen LogP contribution in [0.2, 0.25) is 0 Å². The van der Waals surface area contributed by atoms with Crippen LogP contribution in [0.15, 0.2) is 23.2 Å². The average molecular weight is 287 g/mol. The Labute approximate surface area is 113 Å². The molecule has 2 aliphatic rings. The Morgan fingerprint density at radius 2 is 1.95 bits per heavy atom. The Morgan fingerprint density at radius 1 is 1.25 bits per heavy atom. The minimum atomic E-state index is -4.59. The fraction of sp³-hybridized carbons (Fsp3) is 0.462. The summed E-state index contributed by atoms with van der Waals surface area (Å²) in [4.78, 5) is 5.77. The van der Waals surface area contributed by atoms with Gasteiger partial charge in [-0.15, -0.1) is 0 Å². The van der Waals surface area contributed by atoms with Crippen molar-refractivity contribution in [3.8, 4) is 0 Å². The number of hydrogen-bond donors (Lipinski definition) is 1. The number of halogens is 4. The molecular weight excluding hydrogens is 274 g/mol. The van der Waals surface area contributed by atoms with Gasteiger partial charge in [0.25, 0.3) is 0 Å². The van der Waals surface area contributed by atoms with Crippen LogP contribution >= 0.6 is 0 Å². The number of alkyl halides is 3. The van der Waals surface area contributed by atoms with Gasteiger partial charge in [-0.25, -0.2) is 4.39 Å². The topological polar surface area (TPSA) is 41.6 Å². The van der Waals surface area contributed by atoms with E-state index in [1.165, 1.54) is 6.07 Å². The highest BCUT2D eigenvalue weighted by atomic mass is 19.4. The average Bonchev–Trinajstić information content (AvgIpc) is 3.12. The van der Waals surface area contributed by atoms with E-state index >= 15 is 0 Å². The Hall–Kier alpha value is -1.79. The lowest BCUT2D eigenvalue weighted by atomic mass is 9.99. The molecule has 1 aliphatic heterocycles. The summed E-state index contributed by atoms with van der Waals surface area (Å²) in [5.74, 6) is -0.624. The molecule has 1 saturated carbocycles. The first-order valence-corrected chi connectivity index (χ1v) is 6.33. The predicted octanol–water partition coefficient (Wildman–Crippen LogP) is 2.68. The number of nitrogens with zero attached hydrogens (tertiary/aromatic N) is 2. The van der Waals surface area contributed by atoms with Gasteiger partial charge >= 0.3 is 6.18 Å². The summed E-state index contributed by atoms with van der Waals surface area (Å²) in [6, 6.07) is 2.36. The first kappa shape index (κ1) is 13.2. The van der Waals surface area contributed by atoms with Gasteiger partial charge in [0.1, 0.15) is 5.82 Å². The van der Waals surface area contributed by atoms with Crippen molar-refractivity contribution in [3.63, 3.8) is 0 Å². The molecule has 0 radical (unpaired) electrons. The smallest absolute Gasteiger partial charge is 0.370 e. The summed E-state index contributed by atoms with van der Waals surface area (Å²) in [5, 5.41) is 0. The zero-order chi connectivity index (χ0) is 14.5. The Kier molecular flexibility index (Phi) is 2.88. The molecule has 3 nitrogen and oxygen atoms in total. The molecule has 0 saturated heterocycles. The van der Waals surface area contributed by atoms with Gasteiger partial charge in [-0.05, 0) is 30.5 Å². The van der Waals surface area contributed by atoms with Gasteiger partial charge in [0.15, 0.2) is 5.96 Å². The third-order valence-corrected chi connectivity index (χ3v) is 3.65. The van der Waals surface area contributed by atoms with Crippen molar-refractivity contribution in [2.45, 2.75) is 31.1 Å². The molecule has 20 heavy (non-hydrogen) atoms. The van der Waals surface area contributed by atoms with Crippen molar-refractivity contribution in [2.75, 3.05) is 6.54 Å². The van der Waals surface area contributed by atoms with Crippen LogP contribution < -0.4 is 5.73 Å². The molecule has 1 heterocycles. The summed E-state index contributed by atoms with van der Waals surface area (Å²) < 4.78 is 52.3. The molecule has 108 valence electrons. The van der Waals surface area contributed by atoms with Gasteiger partial charge in [-0.1, -0.05) is 6.07 Å². The van der Waals surface area contributed by atoms with Crippen LogP contribution in [0.5, 0.6) is 0 Å². The molecule has 0 amide bonds. The van der Waals surface area contributed by atoms with E-state index in [2.05, 4.69) is 4.99 Å². The van der Waals surface area contributed by atoms with Gasteiger partial charge in [-0.3, -0.25) is 4.99 Å². The van der Waals surface area contributed by atoms with Gasteiger partial charge in [0.05, 0.1) is 18.2 Å². The zero-order valence-electron chi connectivity index (χ0n) is 10.5. The summed E-state index contributed by atoms with van der Waals surface area (Å²) in [7, 11) is 0. The molecule has 1 aromatic rings. The van der Waals surface area contributed by atoms with Crippen LogP contribution in [-0.2, 0) is 6.18 Å². The highest BCUT2D eigenvalue weighted by Gasteiger charge is 2.43. The third kappa shape index (κ3) is 2.21. The van der Waals surface area contributed by atoms with Crippen LogP contribution in [0.1, 0.15) is 30.0 Å². The minimum Gasteiger partial charge on any atom is -0.370 e. The van der Waals surface area contributed by atoms with Crippen molar-refractivity contribution in [2.24, 2.45) is 10.7 Å².